The van der Waals surface area contributed by atoms with E-state index in [9.17, 15) is 10.2 Å². The fraction of sp³-hybridized carbons (Fsp3) is 0.333. The van der Waals surface area contributed by atoms with Crippen molar-refractivity contribution < 1.29 is 10.2 Å². The van der Waals surface area contributed by atoms with E-state index in [0.717, 1.165) is 0 Å². The van der Waals surface area contributed by atoms with E-state index in [1.165, 1.54) is 11.1 Å². The molecule has 21 heavy (non-hydrogen) atoms. The Morgan fingerprint density at radius 2 is 1.48 bits per heavy atom. The molecule has 0 heterocycles. The molecule has 3 heteroatoms. The highest BCUT2D eigenvalue weighted by atomic mass is 16.3. The van der Waals surface area contributed by atoms with Crippen LogP contribution in [0, 0.1) is 0 Å². The number of aromatic hydroxyl groups is 2. The molecule has 1 atom stereocenters. The maximum absolute atomic E-state index is 9.86. The van der Waals surface area contributed by atoms with Gasteiger partial charge < -0.3 is 15.5 Å². The molecule has 0 radical (unpaired) electrons. The van der Waals surface area contributed by atoms with Crippen LogP contribution >= 0.6 is 0 Å². The first-order valence-corrected chi connectivity index (χ1v) is 7.32. The highest BCUT2D eigenvalue weighted by Gasteiger charge is 2.14. The van der Waals surface area contributed by atoms with E-state index < -0.39 is 0 Å². The van der Waals surface area contributed by atoms with Gasteiger partial charge in [-0.15, -0.1) is 0 Å². The predicted octanol–water partition coefficient (Wildman–Crippen LogP) is 4.07. The maximum atomic E-state index is 9.86. The van der Waals surface area contributed by atoms with Crippen LogP contribution in [0.25, 0.3) is 0 Å². The van der Waals surface area contributed by atoms with Crippen molar-refractivity contribution in [2.24, 2.45) is 0 Å². The van der Waals surface area contributed by atoms with Crippen LogP contribution in [0.3, 0.4) is 0 Å². The molecule has 0 amide bonds. The Morgan fingerprint density at radius 3 is 2.00 bits per heavy atom. The zero-order valence-electron chi connectivity index (χ0n) is 12.8. The molecule has 0 aliphatic heterocycles. The van der Waals surface area contributed by atoms with Crippen LogP contribution < -0.4 is 5.32 Å². The molecule has 0 saturated carbocycles. The summed E-state index contributed by atoms with van der Waals surface area (Å²) in [6, 6.07) is 13.2. The summed E-state index contributed by atoms with van der Waals surface area (Å²) in [6.07, 6.45) is 0. The Morgan fingerprint density at radius 1 is 0.905 bits per heavy atom. The van der Waals surface area contributed by atoms with Crippen LogP contribution in [0.2, 0.25) is 0 Å². The van der Waals surface area contributed by atoms with E-state index in [2.05, 4.69) is 43.4 Å². The van der Waals surface area contributed by atoms with Gasteiger partial charge >= 0.3 is 0 Å². The van der Waals surface area contributed by atoms with Crippen molar-refractivity contribution in [3.63, 3.8) is 0 Å². The van der Waals surface area contributed by atoms with E-state index in [1.54, 1.807) is 18.2 Å². The van der Waals surface area contributed by atoms with Gasteiger partial charge in [-0.05, 0) is 36.1 Å². The van der Waals surface area contributed by atoms with E-state index in [4.69, 9.17) is 0 Å². The van der Waals surface area contributed by atoms with E-state index in [-0.39, 0.29) is 17.5 Å². The molecule has 3 nitrogen and oxygen atoms in total. The van der Waals surface area contributed by atoms with Crippen LogP contribution in [0.4, 0.5) is 0 Å². The lowest BCUT2D eigenvalue weighted by Crippen LogP contribution is -2.18. The van der Waals surface area contributed by atoms with Crippen molar-refractivity contribution in [3.8, 4) is 11.5 Å². The second-order valence-corrected chi connectivity index (χ2v) is 5.71. The number of hydrogen-bond acceptors (Lipinski definition) is 3. The highest BCUT2D eigenvalue weighted by molar-refractivity contribution is 5.45. The van der Waals surface area contributed by atoms with Gasteiger partial charge in [0, 0.05) is 12.6 Å². The molecular formula is C18H23NO2. The zero-order valence-corrected chi connectivity index (χ0v) is 12.8. The minimum absolute atomic E-state index is 0.116. The number of phenolic OH excluding ortho intramolecular Hbond substituents is 2. The summed E-state index contributed by atoms with van der Waals surface area (Å²) in [5, 5.41) is 23.0. The van der Waals surface area contributed by atoms with Gasteiger partial charge in [0.05, 0.1) is 5.56 Å². The first kappa shape index (κ1) is 15.4. The number of phenols is 2. The summed E-state index contributed by atoms with van der Waals surface area (Å²) in [5.41, 5.74) is 3.04. The summed E-state index contributed by atoms with van der Waals surface area (Å²) in [5.74, 6) is 0.763. The van der Waals surface area contributed by atoms with Crippen molar-refractivity contribution >= 4 is 0 Å². The van der Waals surface area contributed by atoms with E-state index >= 15 is 0 Å². The average Bonchev–Trinajstić information content (AvgIpc) is 2.45. The Hall–Kier alpha value is -2.00. The highest BCUT2D eigenvalue weighted by Crippen LogP contribution is 2.32. The molecule has 2 rings (SSSR count). The van der Waals surface area contributed by atoms with Gasteiger partial charge in [0.1, 0.15) is 11.5 Å². The predicted molar refractivity (Wildman–Crippen MR) is 85.6 cm³/mol. The van der Waals surface area contributed by atoms with Gasteiger partial charge in [0.25, 0.3) is 0 Å². The Kier molecular flexibility index (Phi) is 4.86. The van der Waals surface area contributed by atoms with Crippen LogP contribution in [0.15, 0.2) is 42.5 Å². The Labute approximate surface area is 126 Å². The molecule has 0 fully saturated rings. The Balaban J connectivity index is 2.02. The van der Waals surface area contributed by atoms with E-state index in [1.807, 2.05) is 6.92 Å². The van der Waals surface area contributed by atoms with E-state index in [0.29, 0.717) is 18.0 Å². The second-order valence-electron chi connectivity index (χ2n) is 5.71. The zero-order chi connectivity index (χ0) is 15.4. The normalized spacial score (nSPS) is 12.6. The van der Waals surface area contributed by atoms with Gasteiger partial charge in [-0.1, -0.05) is 44.2 Å². The van der Waals surface area contributed by atoms with Crippen molar-refractivity contribution in [3.05, 3.63) is 59.2 Å². The van der Waals surface area contributed by atoms with Gasteiger partial charge in [-0.25, -0.2) is 0 Å². The number of nitrogens with one attached hydrogen (secondary N) is 1. The fourth-order valence-corrected chi connectivity index (χ4v) is 2.38. The minimum atomic E-state index is -0.129. The standard InChI is InChI=1S/C18H23NO2/c1-12(2)15-9-7-14(8-10-15)11-19-13(3)18-16(20)5-4-6-17(18)21/h4-10,12-13,19-21H,11H2,1-3H3. The summed E-state index contributed by atoms with van der Waals surface area (Å²) < 4.78 is 0. The molecular weight excluding hydrogens is 262 g/mol. The van der Waals surface area contributed by atoms with Gasteiger partial charge in [0.2, 0.25) is 0 Å². The summed E-state index contributed by atoms with van der Waals surface area (Å²) in [6.45, 7) is 6.97. The minimum Gasteiger partial charge on any atom is -0.507 e. The number of rotatable bonds is 5. The molecule has 112 valence electrons. The third-order valence-electron chi connectivity index (χ3n) is 3.75. The fourth-order valence-electron chi connectivity index (χ4n) is 2.38. The number of hydrogen-bond donors (Lipinski definition) is 3. The second kappa shape index (κ2) is 6.64. The van der Waals surface area contributed by atoms with Gasteiger partial charge in [0.15, 0.2) is 0 Å². The van der Waals surface area contributed by atoms with Crippen molar-refractivity contribution in [1.82, 2.24) is 5.32 Å². The van der Waals surface area contributed by atoms with Crippen LogP contribution in [-0.2, 0) is 6.54 Å². The lowest BCUT2D eigenvalue weighted by atomic mass is 10.0. The molecule has 0 aliphatic rings. The summed E-state index contributed by atoms with van der Waals surface area (Å²) >= 11 is 0. The van der Waals surface area contributed by atoms with Crippen LogP contribution in [-0.4, -0.2) is 10.2 Å². The quantitative estimate of drug-likeness (QED) is 0.776. The monoisotopic (exact) mass is 285 g/mol. The molecule has 0 aliphatic carbocycles. The average molecular weight is 285 g/mol. The van der Waals surface area contributed by atoms with Crippen LogP contribution in [0.1, 0.15) is 49.4 Å². The summed E-state index contributed by atoms with van der Waals surface area (Å²) in [4.78, 5) is 0. The molecule has 3 N–H and O–H groups in total. The lowest BCUT2D eigenvalue weighted by Gasteiger charge is -2.17. The lowest BCUT2D eigenvalue weighted by molar-refractivity contribution is 0.418. The van der Waals surface area contributed by atoms with Gasteiger partial charge in [-0.3, -0.25) is 0 Å². The first-order chi connectivity index (χ1) is 9.99. The molecule has 1 unspecified atom stereocenters. The van der Waals surface area contributed by atoms with Gasteiger partial charge in [-0.2, -0.15) is 0 Å². The largest absolute Gasteiger partial charge is 0.507 e. The SMILES string of the molecule is CC(C)c1ccc(CNC(C)c2c(O)cccc2O)cc1. The molecule has 0 aromatic heterocycles. The smallest absolute Gasteiger partial charge is 0.124 e. The first-order valence-electron chi connectivity index (χ1n) is 7.32. The van der Waals surface area contributed by atoms with Crippen molar-refractivity contribution in [2.45, 2.75) is 39.3 Å². The maximum Gasteiger partial charge on any atom is 0.124 e. The molecule has 2 aromatic rings. The van der Waals surface area contributed by atoms with Crippen molar-refractivity contribution in [1.29, 1.82) is 0 Å². The van der Waals surface area contributed by atoms with Crippen LogP contribution in [0.5, 0.6) is 11.5 Å². The molecule has 0 spiro atoms. The topological polar surface area (TPSA) is 52.5 Å². The third-order valence-corrected chi connectivity index (χ3v) is 3.75. The Bertz CT molecular complexity index is 570. The van der Waals surface area contributed by atoms with Crippen molar-refractivity contribution in [2.75, 3.05) is 0 Å². The molecule has 0 bridgehead atoms. The molecule has 0 saturated heterocycles. The third kappa shape index (κ3) is 3.76. The number of benzene rings is 2. The molecule has 2 aromatic carbocycles. The summed E-state index contributed by atoms with van der Waals surface area (Å²) in [7, 11) is 0.